The minimum atomic E-state index is -5.12. The molecule has 6 aromatic carbocycles. The fourth-order valence-corrected chi connectivity index (χ4v) is 8.23. The van der Waals surface area contributed by atoms with Crippen LogP contribution < -0.4 is 92.2 Å². The molecule has 344 valence electrons. The molecule has 0 saturated heterocycles. The molecule has 8 rings (SSSR count). The summed E-state index contributed by atoms with van der Waals surface area (Å²) in [5, 5.41) is 7.42. The summed E-state index contributed by atoms with van der Waals surface area (Å²) < 4.78 is 75.3. The maximum absolute atomic E-state index is 12.6. The summed E-state index contributed by atoms with van der Waals surface area (Å²) in [5.41, 5.74) is 1.95. The quantitative estimate of drug-likeness (QED) is 0.0592. The summed E-state index contributed by atoms with van der Waals surface area (Å²) in [4.78, 5) is 37.7. The third-order valence-corrected chi connectivity index (χ3v) is 12.3. The number of aromatic nitrogens is 6. The normalized spacial score (nSPS) is 12.7. The average Bonchev–Trinajstić information content (AvgIpc) is 3.28. The van der Waals surface area contributed by atoms with Gasteiger partial charge in [0.1, 0.15) is 20.2 Å². The third kappa shape index (κ3) is 14.3. The van der Waals surface area contributed by atoms with E-state index in [1.165, 1.54) is 36.4 Å². The first-order chi connectivity index (χ1) is 32.5. The predicted molar refractivity (Wildman–Crippen MR) is 257 cm³/mol. The van der Waals surface area contributed by atoms with Crippen LogP contribution in [-0.2, 0) is 20.2 Å². The maximum atomic E-state index is 12.6. The second kappa shape index (κ2) is 23.8. The molecular weight excluding hydrogens is 1040 g/mol. The van der Waals surface area contributed by atoms with Crippen molar-refractivity contribution in [3.8, 4) is 0 Å². The molecule has 18 nitrogen and oxygen atoms in total. The molecule has 0 aliphatic carbocycles. The Morgan fingerprint density at radius 1 is 0.457 bits per heavy atom. The number of nitrogens with zero attached hydrogens (tertiary/aromatic N) is 6. The van der Waals surface area contributed by atoms with Gasteiger partial charge in [0, 0.05) is 11.4 Å². The Balaban J connectivity index is 0.00000402. The van der Waals surface area contributed by atoms with Crippen molar-refractivity contribution in [3.63, 3.8) is 0 Å². The summed E-state index contributed by atoms with van der Waals surface area (Å²) >= 11 is 25.5. The Labute approximate surface area is 462 Å². The summed E-state index contributed by atoms with van der Waals surface area (Å²) in [6, 6.07) is 34.5. The molecule has 0 bridgehead atoms. The standard InChI is InChI=1S/C44H32Cl4N12O6S2.2Na/c45-29-9-1-5-13-33(29)51-41-55-39(56-42(59-41)52-34-14-6-2-10-30(34)46)49-27-19-21-37(67(61,62)63)25(23-27)17-18-26-24-28(20-22-38(26)68(64,65)66)50-40-57-43(53-35-15-7-3-11-31(35)47)60-44(58-40)54-36-16-8-4-12-32(36)48;;/h1-24H,(H,61,62,63)(H,64,65,66)(H3,49,51,52,55,56,59)(H3,50,53,54,57,58,60);;/q;2*+1/p-2/b18-17+;;. The van der Waals surface area contributed by atoms with Gasteiger partial charge in [-0.3, -0.25) is 19.9 Å². The van der Waals surface area contributed by atoms with Crippen molar-refractivity contribution < 1.29 is 85.1 Å². The molecule has 0 aliphatic rings. The van der Waals surface area contributed by atoms with Crippen LogP contribution in [0.3, 0.4) is 0 Å². The van der Waals surface area contributed by atoms with Crippen molar-refractivity contribution in [2.45, 2.75) is 9.79 Å². The SMILES string of the molecule is O=S(=O)([O-])c1ccc(Nc2nc(=Nc3ccccc3Cl)[nH]c(=Nc3ccccc3Cl)[nH]2)cc1/C=C/c1cc(Nc2nc(=Nc3ccccc3Cl)[nH]c(=Nc3ccccc3Cl)[nH]2)ccc1S(=O)(=O)[O-].[Na+].[Na+]. The van der Waals surface area contributed by atoms with Gasteiger partial charge in [-0.2, -0.15) is 9.97 Å². The molecule has 0 unspecified atom stereocenters. The average molecular weight is 1070 g/mol. The molecule has 0 radical (unpaired) electrons. The van der Waals surface area contributed by atoms with Crippen molar-refractivity contribution in [3.05, 3.63) is 187 Å². The van der Waals surface area contributed by atoms with E-state index in [0.717, 1.165) is 12.1 Å². The van der Waals surface area contributed by atoms with Crippen LogP contribution in [0.4, 0.5) is 46.0 Å². The molecule has 2 heterocycles. The summed E-state index contributed by atoms with van der Waals surface area (Å²) in [5.74, 6) is 0.0854. The zero-order chi connectivity index (χ0) is 48.0. The zero-order valence-corrected chi connectivity index (χ0v) is 45.0. The number of hydrogen-bond acceptors (Lipinski definition) is 14. The van der Waals surface area contributed by atoms with E-state index in [2.05, 4.69) is 60.5 Å². The molecule has 6 N–H and O–H groups in total. The second-order valence-electron chi connectivity index (χ2n) is 14.0. The number of hydrogen-bond donors (Lipinski definition) is 6. The molecule has 0 atom stereocenters. The van der Waals surface area contributed by atoms with Crippen LogP contribution in [0, 0.1) is 0 Å². The number of rotatable bonds is 12. The van der Waals surface area contributed by atoms with Crippen molar-refractivity contribution >= 4 is 125 Å². The van der Waals surface area contributed by atoms with E-state index in [4.69, 9.17) is 46.4 Å². The smallest absolute Gasteiger partial charge is 0.744 e. The molecule has 0 amide bonds. The van der Waals surface area contributed by atoms with Gasteiger partial charge >= 0.3 is 59.1 Å². The second-order valence-corrected chi connectivity index (χ2v) is 18.3. The van der Waals surface area contributed by atoms with Crippen LogP contribution in [0.15, 0.2) is 163 Å². The molecule has 70 heavy (non-hydrogen) atoms. The van der Waals surface area contributed by atoms with E-state index in [9.17, 15) is 25.9 Å². The Morgan fingerprint density at radius 3 is 1.09 bits per heavy atom. The molecule has 0 aliphatic heterocycles. The van der Waals surface area contributed by atoms with Gasteiger partial charge in [-0.1, -0.05) is 107 Å². The molecular formula is C44H30Cl4N12Na2O6S2. The Morgan fingerprint density at radius 2 is 0.771 bits per heavy atom. The molecule has 26 heteroatoms. The van der Waals surface area contributed by atoms with Crippen LogP contribution >= 0.6 is 46.4 Å². The van der Waals surface area contributed by atoms with Gasteiger partial charge in [0.05, 0.1) is 52.6 Å². The predicted octanol–water partition coefficient (Wildman–Crippen LogP) is 2.81. The topological polar surface area (TPSA) is 277 Å². The first-order valence-corrected chi connectivity index (χ1v) is 23.9. The van der Waals surface area contributed by atoms with Crippen LogP contribution in [-0.4, -0.2) is 55.8 Å². The van der Waals surface area contributed by atoms with Gasteiger partial charge < -0.3 is 19.7 Å². The summed E-state index contributed by atoms with van der Waals surface area (Å²) in [6.45, 7) is 0. The fraction of sp³-hybridized carbons (Fsp3) is 0. The molecule has 0 fully saturated rings. The van der Waals surface area contributed by atoms with E-state index in [-0.39, 0.29) is 116 Å². The van der Waals surface area contributed by atoms with Gasteiger partial charge in [0.2, 0.25) is 34.4 Å². The van der Waals surface area contributed by atoms with Crippen LogP contribution in [0.25, 0.3) is 12.2 Å². The van der Waals surface area contributed by atoms with Crippen molar-refractivity contribution in [1.29, 1.82) is 0 Å². The van der Waals surface area contributed by atoms with E-state index < -0.39 is 30.0 Å². The van der Waals surface area contributed by atoms with Gasteiger partial charge in [0.15, 0.2) is 0 Å². The van der Waals surface area contributed by atoms with E-state index in [0.29, 0.717) is 42.8 Å². The maximum Gasteiger partial charge on any atom is 1.00 e. The Hall–Kier alpha value is -5.14. The zero-order valence-electron chi connectivity index (χ0n) is 36.3. The van der Waals surface area contributed by atoms with E-state index in [1.54, 1.807) is 97.1 Å². The Bertz CT molecular complexity index is 3420. The number of anilines is 4. The van der Waals surface area contributed by atoms with Crippen molar-refractivity contribution in [2.75, 3.05) is 10.6 Å². The van der Waals surface area contributed by atoms with Crippen molar-refractivity contribution in [2.24, 2.45) is 20.0 Å². The van der Waals surface area contributed by atoms with Crippen LogP contribution in [0.5, 0.6) is 0 Å². The number of H-pyrrole nitrogens is 4. The van der Waals surface area contributed by atoms with E-state index in [1.807, 2.05) is 0 Å². The number of nitrogens with one attached hydrogen (secondary N) is 6. The largest absolute Gasteiger partial charge is 1.00 e. The molecule has 0 saturated carbocycles. The van der Waals surface area contributed by atoms with E-state index >= 15 is 0 Å². The minimum absolute atomic E-state index is 0. The summed E-state index contributed by atoms with van der Waals surface area (Å²) in [6.07, 6.45) is 2.33. The molecule has 8 aromatic rings. The van der Waals surface area contributed by atoms with Gasteiger partial charge in [-0.25, -0.2) is 36.8 Å². The fourth-order valence-electron chi connectivity index (χ4n) is 6.22. The number of benzene rings is 6. The first-order valence-electron chi connectivity index (χ1n) is 19.5. The number of aromatic amines is 4. The Kier molecular flexibility index (Phi) is 18.5. The number of para-hydroxylation sites is 4. The number of halogens is 4. The first kappa shape index (κ1) is 54.2. The molecule has 0 spiro atoms. The van der Waals surface area contributed by atoms with Gasteiger partial charge in [-0.15, -0.1) is 0 Å². The van der Waals surface area contributed by atoms with Gasteiger partial charge in [0.25, 0.3) is 0 Å². The third-order valence-electron chi connectivity index (χ3n) is 9.22. The monoisotopic (exact) mass is 1070 g/mol. The van der Waals surface area contributed by atoms with Crippen LogP contribution in [0.1, 0.15) is 11.1 Å². The van der Waals surface area contributed by atoms with Gasteiger partial charge in [-0.05, 0) is 96.1 Å². The summed E-state index contributed by atoms with van der Waals surface area (Å²) in [7, 11) is -10.2. The minimum Gasteiger partial charge on any atom is -0.744 e. The van der Waals surface area contributed by atoms with Crippen molar-refractivity contribution in [1.82, 2.24) is 29.9 Å². The molecule has 2 aromatic heterocycles. The van der Waals surface area contributed by atoms with Crippen LogP contribution in [0.2, 0.25) is 20.1 Å².